The van der Waals surface area contributed by atoms with Crippen molar-refractivity contribution in [1.82, 2.24) is 4.31 Å². The largest absolute Gasteiger partial charge is 0.497 e. The van der Waals surface area contributed by atoms with Crippen LogP contribution in [0.3, 0.4) is 0 Å². The summed E-state index contributed by atoms with van der Waals surface area (Å²) in [6, 6.07) is 22.2. The molecule has 0 radical (unpaired) electrons. The Morgan fingerprint density at radius 2 is 1.55 bits per heavy atom. The van der Waals surface area contributed by atoms with Gasteiger partial charge in [0, 0.05) is 24.8 Å². The number of benzene rings is 3. The molecule has 0 atom stereocenters. The highest BCUT2D eigenvalue weighted by molar-refractivity contribution is 7.89. The number of anilines is 1. The van der Waals surface area contributed by atoms with Crippen LogP contribution >= 0.6 is 0 Å². The average Bonchev–Trinajstić information content (AvgIpc) is 2.75. The maximum Gasteiger partial charge on any atom is 0.255 e. The molecule has 3 aromatic carbocycles. The minimum atomic E-state index is -3.57. The van der Waals surface area contributed by atoms with Crippen LogP contribution in [0.2, 0.25) is 0 Å². The molecular weight excluding hydrogens is 388 g/mol. The first kappa shape index (κ1) is 20.6. The molecule has 0 fully saturated rings. The molecule has 0 aliphatic carbocycles. The molecule has 0 bridgehead atoms. The number of nitrogens with zero attached hydrogens (tertiary/aromatic N) is 1. The van der Waals surface area contributed by atoms with Gasteiger partial charge in [0.2, 0.25) is 10.0 Å². The van der Waals surface area contributed by atoms with Gasteiger partial charge in [0.15, 0.2) is 0 Å². The first-order valence-electron chi connectivity index (χ1n) is 8.96. The Bertz CT molecular complexity index is 1060. The molecule has 0 aromatic heterocycles. The van der Waals surface area contributed by atoms with Crippen LogP contribution in [0.15, 0.2) is 83.8 Å². The van der Waals surface area contributed by atoms with Gasteiger partial charge in [-0.15, -0.1) is 0 Å². The zero-order valence-electron chi connectivity index (χ0n) is 16.2. The van der Waals surface area contributed by atoms with Crippen molar-refractivity contribution in [2.45, 2.75) is 11.4 Å². The lowest BCUT2D eigenvalue weighted by Gasteiger charge is -2.17. The fourth-order valence-electron chi connectivity index (χ4n) is 2.75. The van der Waals surface area contributed by atoms with E-state index < -0.39 is 10.0 Å². The summed E-state index contributed by atoms with van der Waals surface area (Å²) >= 11 is 0. The first-order chi connectivity index (χ1) is 13.9. The fraction of sp³-hybridized carbons (Fsp3) is 0.136. The lowest BCUT2D eigenvalue weighted by molar-refractivity contribution is 0.102. The summed E-state index contributed by atoms with van der Waals surface area (Å²) in [7, 11) is -0.451. The van der Waals surface area contributed by atoms with E-state index in [2.05, 4.69) is 5.32 Å². The number of nitrogens with one attached hydrogen (secondary N) is 1. The SMILES string of the molecule is COc1ccc(NC(=O)c2ccc(CN(C)S(=O)(=O)c3ccccc3)cc2)cc1. The number of carbonyl (C=O) groups excluding carboxylic acids is 1. The molecule has 0 aliphatic heterocycles. The minimum Gasteiger partial charge on any atom is -0.497 e. The summed E-state index contributed by atoms with van der Waals surface area (Å²) in [5.74, 6) is 0.467. The van der Waals surface area contributed by atoms with Crippen molar-refractivity contribution in [3.05, 3.63) is 90.0 Å². The number of rotatable bonds is 7. The molecule has 0 unspecified atom stereocenters. The van der Waals surface area contributed by atoms with Gasteiger partial charge in [0.25, 0.3) is 5.91 Å². The van der Waals surface area contributed by atoms with E-state index >= 15 is 0 Å². The number of methoxy groups -OCH3 is 1. The predicted molar refractivity (Wildman–Crippen MR) is 112 cm³/mol. The number of carbonyl (C=O) groups is 1. The molecule has 0 aliphatic rings. The van der Waals surface area contributed by atoms with Gasteiger partial charge in [0.05, 0.1) is 12.0 Å². The van der Waals surface area contributed by atoms with Gasteiger partial charge in [0.1, 0.15) is 5.75 Å². The first-order valence-corrected chi connectivity index (χ1v) is 10.4. The number of ether oxygens (including phenoxy) is 1. The van der Waals surface area contributed by atoms with Crippen LogP contribution in [0.4, 0.5) is 5.69 Å². The maximum absolute atomic E-state index is 12.6. The van der Waals surface area contributed by atoms with Gasteiger partial charge >= 0.3 is 0 Å². The average molecular weight is 410 g/mol. The van der Waals surface area contributed by atoms with Crippen molar-refractivity contribution in [3.8, 4) is 5.75 Å². The lowest BCUT2D eigenvalue weighted by atomic mass is 10.1. The minimum absolute atomic E-state index is 0.206. The van der Waals surface area contributed by atoms with Gasteiger partial charge in [-0.1, -0.05) is 30.3 Å². The van der Waals surface area contributed by atoms with E-state index in [1.807, 2.05) is 0 Å². The predicted octanol–water partition coefficient (Wildman–Crippen LogP) is 3.77. The van der Waals surface area contributed by atoms with Crippen LogP contribution in [0.1, 0.15) is 15.9 Å². The van der Waals surface area contributed by atoms with Crippen molar-refractivity contribution in [2.75, 3.05) is 19.5 Å². The zero-order valence-corrected chi connectivity index (χ0v) is 17.0. The Morgan fingerprint density at radius 3 is 2.14 bits per heavy atom. The number of hydrogen-bond donors (Lipinski definition) is 1. The smallest absolute Gasteiger partial charge is 0.255 e. The van der Waals surface area contributed by atoms with Crippen molar-refractivity contribution < 1.29 is 17.9 Å². The molecule has 0 saturated heterocycles. The van der Waals surface area contributed by atoms with E-state index in [1.54, 1.807) is 86.0 Å². The van der Waals surface area contributed by atoms with E-state index in [0.717, 1.165) is 5.56 Å². The number of hydrogen-bond acceptors (Lipinski definition) is 4. The molecule has 6 nitrogen and oxygen atoms in total. The Balaban J connectivity index is 1.65. The van der Waals surface area contributed by atoms with Gasteiger partial charge in [-0.2, -0.15) is 4.31 Å². The molecule has 1 amide bonds. The van der Waals surface area contributed by atoms with Crippen LogP contribution in [-0.2, 0) is 16.6 Å². The molecule has 0 saturated carbocycles. The van der Waals surface area contributed by atoms with E-state index in [-0.39, 0.29) is 17.3 Å². The van der Waals surface area contributed by atoms with Gasteiger partial charge in [-0.05, 0) is 54.1 Å². The maximum atomic E-state index is 12.6. The summed E-state index contributed by atoms with van der Waals surface area (Å²) in [6.07, 6.45) is 0. The molecule has 1 N–H and O–H groups in total. The highest BCUT2D eigenvalue weighted by atomic mass is 32.2. The van der Waals surface area contributed by atoms with E-state index in [0.29, 0.717) is 17.0 Å². The highest BCUT2D eigenvalue weighted by Crippen LogP contribution is 2.18. The lowest BCUT2D eigenvalue weighted by Crippen LogP contribution is -2.26. The Hall–Kier alpha value is -3.16. The zero-order chi connectivity index (χ0) is 20.9. The second kappa shape index (κ2) is 8.89. The molecule has 3 rings (SSSR count). The van der Waals surface area contributed by atoms with Crippen LogP contribution in [0, 0.1) is 0 Å². The van der Waals surface area contributed by atoms with Crippen molar-refractivity contribution in [3.63, 3.8) is 0 Å². The molecule has 29 heavy (non-hydrogen) atoms. The van der Waals surface area contributed by atoms with Crippen molar-refractivity contribution >= 4 is 21.6 Å². The second-order valence-corrected chi connectivity index (χ2v) is 8.50. The third-order valence-electron chi connectivity index (χ3n) is 4.42. The summed E-state index contributed by atoms with van der Waals surface area (Å²) < 4.78 is 31.6. The summed E-state index contributed by atoms with van der Waals surface area (Å²) in [4.78, 5) is 12.6. The van der Waals surface area contributed by atoms with Gasteiger partial charge < -0.3 is 10.1 Å². The summed E-state index contributed by atoms with van der Waals surface area (Å²) in [6.45, 7) is 0.206. The topological polar surface area (TPSA) is 75.7 Å². The van der Waals surface area contributed by atoms with E-state index in [1.165, 1.54) is 11.4 Å². The van der Waals surface area contributed by atoms with Crippen LogP contribution in [0.5, 0.6) is 5.75 Å². The van der Waals surface area contributed by atoms with Crippen LogP contribution < -0.4 is 10.1 Å². The van der Waals surface area contributed by atoms with E-state index in [9.17, 15) is 13.2 Å². The van der Waals surface area contributed by atoms with Crippen molar-refractivity contribution in [2.24, 2.45) is 0 Å². The quantitative estimate of drug-likeness (QED) is 0.643. The molecule has 150 valence electrons. The second-order valence-electron chi connectivity index (χ2n) is 6.45. The fourth-order valence-corrected chi connectivity index (χ4v) is 3.93. The monoisotopic (exact) mass is 410 g/mol. The number of sulfonamides is 1. The van der Waals surface area contributed by atoms with Gasteiger partial charge in [-0.3, -0.25) is 4.79 Å². The third kappa shape index (κ3) is 5.01. The molecular formula is C22H22N2O4S. The van der Waals surface area contributed by atoms with Crippen molar-refractivity contribution in [1.29, 1.82) is 0 Å². The molecule has 0 heterocycles. The number of amides is 1. The van der Waals surface area contributed by atoms with Crippen LogP contribution in [0.25, 0.3) is 0 Å². The van der Waals surface area contributed by atoms with Gasteiger partial charge in [-0.25, -0.2) is 8.42 Å². The molecule has 3 aromatic rings. The Labute approximate surface area is 170 Å². The van der Waals surface area contributed by atoms with E-state index in [4.69, 9.17) is 4.74 Å². The standard InChI is InChI=1S/C22H22N2O4S/c1-24(29(26,27)21-6-4-3-5-7-21)16-17-8-10-18(11-9-17)22(25)23-19-12-14-20(28-2)15-13-19/h3-15H,16H2,1-2H3,(H,23,25). The highest BCUT2D eigenvalue weighted by Gasteiger charge is 2.20. The Kier molecular flexibility index (Phi) is 6.31. The van der Waals surface area contributed by atoms with Crippen LogP contribution in [-0.4, -0.2) is 32.8 Å². The normalized spacial score (nSPS) is 11.3. The summed E-state index contributed by atoms with van der Waals surface area (Å²) in [5, 5.41) is 2.81. The molecule has 7 heteroatoms. The summed E-state index contributed by atoms with van der Waals surface area (Å²) in [5.41, 5.74) is 1.93. The molecule has 0 spiro atoms. The Morgan fingerprint density at radius 1 is 0.931 bits per heavy atom. The third-order valence-corrected chi connectivity index (χ3v) is 6.24.